The van der Waals surface area contributed by atoms with E-state index in [1.807, 2.05) is 13.8 Å². The van der Waals surface area contributed by atoms with E-state index >= 15 is 0 Å². The van der Waals surface area contributed by atoms with E-state index in [1.165, 1.54) is 0 Å². The van der Waals surface area contributed by atoms with Crippen molar-refractivity contribution in [1.82, 2.24) is 0 Å². The van der Waals surface area contributed by atoms with Crippen LogP contribution in [0.2, 0.25) is 0 Å². The second-order valence-electron chi connectivity index (χ2n) is 6.01. The summed E-state index contributed by atoms with van der Waals surface area (Å²) >= 11 is 0. The molecule has 0 atom stereocenters. The van der Waals surface area contributed by atoms with E-state index in [1.54, 1.807) is 0 Å². The minimum absolute atomic E-state index is 0.182. The molecule has 0 aromatic heterocycles. The zero-order chi connectivity index (χ0) is 15.1. The zero-order valence-electron chi connectivity index (χ0n) is 12.0. The van der Waals surface area contributed by atoms with Crippen LogP contribution in [-0.2, 0) is 9.59 Å². The van der Waals surface area contributed by atoms with Gasteiger partial charge in [0.1, 0.15) is 0 Å². The standard InChI is InChI=1S/C11H21NO.C3H4O2/c1-8(9(12)13)11(5,6)7-10(2,3)4;1-2-3(4)5/h1,7H2,2-6H3,(H2,12,13);2H,1H2,(H,4,5). The van der Waals surface area contributed by atoms with Crippen molar-refractivity contribution in [2.75, 3.05) is 0 Å². The maximum absolute atomic E-state index is 11.0. The smallest absolute Gasteiger partial charge is 0.327 e. The largest absolute Gasteiger partial charge is 0.478 e. The molecular formula is C14H25NO3. The second-order valence-corrected chi connectivity index (χ2v) is 6.01. The van der Waals surface area contributed by atoms with Crippen LogP contribution in [0.3, 0.4) is 0 Å². The summed E-state index contributed by atoms with van der Waals surface area (Å²) in [5.41, 5.74) is 5.70. The molecule has 0 saturated carbocycles. The van der Waals surface area contributed by atoms with Crippen LogP contribution < -0.4 is 5.73 Å². The van der Waals surface area contributed by atoms with Crippen molar-refractivity contribution in [1.29, 1.82) is 0 Å². The molecule has 0 radical (unpaired) electrons. The number of primary amides is 1. The molecule has 1 amide bonds. The molecule has 4 heteroatoms. The number of hydrogen-bond donors (Lipinski definition) is 2. The van der Waals surface area contributed by atoms with E-state index in [9.17, 15) is 9.59 Å². The third-order valence-corrected chi connectivity index (χ3v) is 2.26. The summed E-state index contributed by atoms with van der Waals surface area (Å²) in [6.07, 6.45) is 1.74. The lowest BCUT2D eigenvalue weighted by Gasteiger charge is -2.32. The van der Waals surface area contributed by atoms with Gasteiger partial charge >= 0.3 is 5.97 Å². The minimum atomic E-state index is -0.981. The lowest BCUT2D eigenvalue weighted by atomic mass is 9.72. The van der Waals surface area contributed by atoms with E-state index in [-0.39, 0.29) is 10.8 Å². The van der Waals surface area contributed by atoms with Crippen LogP contribution in [0, 0.1) is 10.8 Å². The number of amides is 1. The van der Waals surface area contributed by atoms with Crippen LogP contribution in [-0.4, -0.2) is 17.0 Å². The SMILES string of the molecule is C=C(C(N)=O)C(C)(C)CC(C)(C)C.C=CC(=O)O. The highest BCUT2D eigenvalue weighted by Crippen LogP contribution is 2.37. The molecule has 0 spiro atoms. The van der Waals surface area contributed by atoms with Gasteiger partial charge in [-0.05, 0) is 17.3 Å². The van der Waals surface area contributed by atoms with E-state index in [0.717, 1.165) is 12.5 Å². The van der Waals surface area contributed by atoms with Gasteiger partial charge in [-0.1, -0.05) is 47.8 Å². The van der Waals surface area contributed by atoms with Crippen LogP contribution in [0.15, 0.2) is 24.8 Å². The summed E-state index contributed by atoms with van der Waals surface area (Å²) in [6, 6.07) is 0. The summed E-state index contributed by atoms with van der Waals surface area (Å²) < 4.78 is 0. The maximum Gasteiger partial charge on any atom is 0.327 e. The van der Waals surface area contributed by atoms with Gasteiger partial charge in [0.25, 0.3) is 0 Å². The van der Waals surface area contributed by atoms with E-state index in [0.29, 0.717) is 5.57 Å². The molecule has 0 rings (SSSR count). The van der Waals surface area contributed by atoms with Gasteiger partial charge in [-0.25, -0.2) is 4.79 Å². The second kappa shape index (κ2) is 6.99. The number of carbonyl (C=O) groups excluding carboxylic acids is 1. The quantitative estimate of drug-likeness (QED) is 0.758. The predicted molar refractivity (Wildman–Crippen MR) is 74.0 cm³/mol. The topological polar surface area (TPSA) is 80.4 Å². The molecule has 0 saturated heterocycles. The Morgan fingerprint density at radius 1 is 1.22 bits per heavy atom. The van der Waals surface area contributed by atoms with Gasteiger partial charge in [-0.2, -0.15) is 0 Å². The molecule has 0 aliphatic carbocycles. The third kappa shape index (κ3) is 9.63. The highest BCUT2D eigenvalue weighted by atomic mass is 16.4. The normalized spacial score (nSPS) is 10.9. The molecule has 4 nitrogen and oxygen atoms in total. The lowest BCUT2D eigenvalue weighted by molar-refractivity contribution is -0.131. The van der Waals surface area contributed by atoms with Gasteiger partial charge in [-0.15, -0.1) is 0 Å². The molecule has 0 unspecified atom stereocenters. The molecule has 0 heterocycles. The first kappa shape index (κ1) is 18.8. The molecule has 3 N–H and O–H groups in total. The number of nitrogens with two attached hydrogens (primary N) is 1. The summed E-state index contributed by atoms with van der Waals surface area (Å²) in [7, 11) is 0. The summed E-state index contributed by atoms with van der Waals surface area (Å²) in [4.78, 5) is 20.2. The van der Waals surface area contributed by atoms with Crippen LogP contribution in [0.4, 0.5) is 0 Å². The fraction of sp³-hybridized carbons (Fsp3) is 0.571. The van der Waals surface area contributed by atoms with Crippen molar-refractivity contribution in [3.8, 4) is 0 Å². The van der Waals surface area contributed by atoms with Gasteiger partial charge in [-0.3, -0.25) is 4.79 Å². The zero-order valence-corrected chi connectivity index (χ0v) is 12.0. The van der Waals surface area contributed by atoms with E-state index in [4.69, 9.17) is 10.8 Å². The highest BCUT2D eigenvalue weighted by molar-refractivity contribution is 5.92. The Morgan fingerprint density at radius 3 is 1.72 bits per heavy atom. The third-order valence-electron chi connectivity index (χ3n) is 2.26. The Balaban J connectivity index is 0. The Bertz CT molecular complexity index is 335. The Kier molecular flexibility index (Phi) is 7.29. The van der Waals surface area contributed by atoms with Gasteiger partial charge in [0.2, 0.25) is 5.91 Å². The minimum Gasteiger partial charge on any atom is -0.478 e. The Labute approximate surface area is 110 Å². The van der Waals surface area contributed by atoms with Crippen LogP contribution in [0.1, 0.15) is 41.0 Å². The van der Waals surface area contributed by atoms with E-state index < -0.39 is 11.9 Å². The first-order valence-corrected chi connectivity index (χ1v) is 5.68. The van der Waals surface area contributed by atoms with Crippen molar-refractivity contribution < 1.29 is 14.7 Å². The molecular weight excluding hydrogens is 230 g/mol. The number of rotatable bonds is 4. The number of carboxylic acids is 1. The van der Waals surface area contributed by atoms with Gasteiger partial charge in [0.05, 0.1) is 0 Å². The van der Waals surface area contributed by atoms with Crippen molar-refractivity contribution in [3.05, 3.63) is 24.8 Å². The lowest BCUT2D eigenvalue weighted by Crippen LogP contribution is -2.29. The first-order valence-electron chi connectivity index (χ1n) is 5.68. The summed E-state index contributed by atoms with van der Waals surface area (Å²) in [5, 5.41) is 7.60. The fourth-order valence-corrected chi connectivity index (χ4v) is 1.77. The van der Waals surface area contributed by atoms with Crippen LogP contribution >= 0.6 is 0 Å². The number of carbonyl (C=O) groups is 2. The van der Waals surface area contributed by atoms with Crippen LogP contribution in [0.5, 0.6) is 0 Å². The van der Waals surface area contributed by atoms with Crippen molar-refractivity contribution in [2.45, 2.75) is 41.0 Å². The van der Waals surface area contributed by atoms with Crippen molar-refractivity contribution in [2.24, 2.45) is 16.6 Å². The first-order chi connectivity index (χ1) is 7.83. The Hall–Kier alpha value is -1.58. The van der Waals surface area contributed by atoms with Gasteiger partial charge < -0.3 is 10.8 Å². The molecule has 0 aromatic rings. The molecule has 18 heavy (non-hydrogen) atoms. The van der Waals surface area contributed by atoms with Gasteiger partial charge in [0.15, 0.2) is 0 Å². The molecule has 0 aliphatic rings. The van der Waals surface area contributed by atoms with Crippen molar-refractivity contribution in [3.63, 3.8) is 0 Å². The maximum atomic E-state index is 11.0. The Morgan fingerprint density at radius 2 is 1.56 bits per heavy atom. The molecule has 0 fully saturated rings. The molecule has 0 bridgehead atoms. The van der Waals surface area contributed by atoms with Crippen molar-refractivity contribution >= 4 is 11.9 Å². The average Bonchev–Trinajstić information content (AvgIpc) is 2.13. The molecule has 0 aromatic carbocycles. The fourth-order valence-electron chi connectivity index (χ4n) is 1.77. The molecule has 104 valence electrons. The number of hydrogen-bond acceptors (Lipinski definition) is 2. The monoisotopic (exact) mass is 255 g/mol. The number of carboxylic acid groups (broad SMARTS) is 1. The molecule has 0 aliphatic heterocycles. The average molecular weight is 255 g/mol. The predicted octanol–water partition coefficient (Wildman–Crippen LogP) is 2.75. The highest BCUT2D eigenvalue weighted by Gasteiger charge is 2.30. The van der Waals surface area contributed by atoms with Crippen LogP contribution in [0.25, 0.3) is 0 Å². The summed E-state index contributed by atoms with van der Waals surface area (Å²) in [6.45, 7) is 17.1. The number of aliphatic carboxylic acids is 1. The van der Waals surface area contributed by atoms with Gasteiger partial charge in [0, 0.05) is 11.6 Å². The van der Waals surface area contributed by atoms with E-state index in [2.05, 4.69) is 33.9 Å². The summed E-state index contributed by atoms with van der Waals surface area (Å²) in [5.74, 6) is -1.38.